The molecule has 0 atom stereocenters. The highest BCUT2D eigenvalue weighted by molar-refractivity contribution is 7.99. The van der Waals surface area contributed by atoms with Crippen molar-refractivity contribution in [1.29, 1.82) is 0 Å². The van der Waals surface area contributed by atoms with Crippen molar-refractivity contribution < 1.29 is 4.79 Å². The Bertz CT molecular complexity index is 903. The third-order valence-electron chi connectivity index (χ3n) is 3.93. The van der Waals surface area contributed by atoms with Gasteiger partial charge < -0.3 is 11.1 Å². The number of carbonyl (C=O) groups excluding carboxylic acids is 1. The minimum absolute atomic E-state index is 0.376. The number of nitrogens with one attached hydrogen (secondary N) is 1. The molecule has 6 heteroatoms. The second-order valence-electron chi connectivity index (χ2n) is 5.54. The molecule has 3 aromatic rings. The Morgan fingerprint density at radius 3 is 2.65 bits per heavy atom. The van der Waals surface area contributed by atoms with Crippen LogP contribution in [0.4, 0.5) is 0 Å². The normalized spacial score (nSPS) is 10.5. The van der Waals surface area contributed by atoms with E-state index < -0.39 is 0 Å². The van der Waals surface area contributed by atoms with Crippen molar-refractivity contribution in [3.63, 3.8) is 0 Å². The van der Waals surface area contributed by atoms with Crippen molar-refractivity contribution >= 4 is 29.8 Å². The quantitative estimate of drug-likeness (QED) is 0.598. The first kappa shape index (κ1) is 18.5. The van der Waals surface area contributed by atoms with Gasteiger partial charge in [0.25, 0.3) is 0 Å². The number of aromatic nitrogens is 1. The predicted molar refractivity (Wildman–Crippen MR) is 106 cm³/mol. The maximum absolute atomic E-state index is 10.9. The number of nitrogens with zero attached hydrogens (tertiary/aromatic N) is 1. The van der Waals surface area contributed by atoms with Crippen molar-refractivity contribution in [2.75, 3.05) is 0 Å². The largest absolute Gasteiger partial charge is 0.355 e. The molecule has 0 unspecified atom stereocenters. The van der Waals surface area contributed by atoms with E-state index in [1.165, 1.54) is 11.8 Å². The van der Waals surface area contributed by atoms with Crippen LogP contribution in [0.5, 0.6) is 0 Å². The Balaban J connectivity index is 2.12. The highest BCUT2D eigenvalue weighted by Crippen LogP contribution is 2.40. The third-order valence-corrected chi connectivity index (χ3v) is 5.59. The van der Waals surface area contributed by atoms with Gasteiger partial charge in [0, 0.05) is 24.2 Å². The molecule has 3 rings (SSSR count). The van der Waals surface area contributed by atoms with Crippen LogP contribution in [0, 0.1) is 0 Å². The van der Waals surface area contributed by atoms with Crippen LogP contribution in [0.25, 0.3) is 11.1 Å². The van der Waals surface area contributed by atoms with Gasteiger partial charge in [-0.3, -0.25) is 4.79 Å². The summed E-state index contributed by atoms with van der Waals surface area (Å²) in [4.78, 5) is 16.2. The van der Waals surface area contributed by atoms with Crippen LogP contribution in [0.1, 0.15) is 11.1 Å². The van der Waals surface area contributed by atoms with E-state index in [1.807, 2.05) is 54.6 Å². The van der Waals surface area contributed by atoms with Crippen LogP contribution in [-0.2, 0) is 17.9 Å². The molecular weight excluding hydrogens is 366 g/mol. The van der Waals surface area contributed by atoms with E-state index in [0.717, 1.165) is 32.2 Å². The van der Waals surface area contributed by atoms with E-state index >= 15 is 0 Å². The molecule has 1 aromatic heterocycles. The Kier molecular flexibility index (Phi) is 6.28. The summed E-state index contributed by atoms with van der Waals surface area (Å²) >= 11 is 7.99. The monoisotopic (exact) mass is 383 g/mol. The molecule has 132 valence electrons. The Morgan fingerprint density at radius 1 is 1.12 bits per heavy atom. The Labute approximate surface area is 161 Å². The van der Waals surface area contributed by atoms with Crippen LogP contribution in [0.15, 0.2) is 70.7 Å². The summed E-state index contributed by atoms with van der Waals surface area (Å²) in [5.74, 6) is 0. The SMILES string of the molecule is NCc1cccnc1Sc1c(Cl)ccc(-c2ccccc2)c1CNC=O. The summed E-state index contributed by atoms with van der Waals surface area (Å²) in [7, 11) is 0. The van der Waals surface area contributed by atoms with Gasteiger partial charge in [0.2, 0.25) is 6.41 Å². The van der Waals surface area contributed by atoms with E-state index in [1.54, 1.807) is 6.20 Å². The third kappa shape index (κ3) is 4.07. The lowest BCUT2D eigenvalue weighted by Crippen LogP contribution is -2.12. The van der Waals surface area contributed by atoms with E-state index in [2.05, 4.69) is 10.3 Å². The van der Waals surface area contributed by atoms with Gasteiger partial charge in [-0.25, -0.2) is 4.98 Å². The maximum Gasteiger partial charge on any atom is 0.207 e. The summed E-state index contributed by atoms with van der Waals surface area (Å²) in [6, 6.07) is 17.7. The van der Waals surface area contributed by atoms with Gasteiger partial charge in [-0.1, -0.05) is 65.8 Å². The maximum atomic E-state index is 10.9. The predicted octanol–water partition coefficient (Wildman–Crippen LogP) is 4.26. The molecule has 0 saturated carbocycles. The molecule has 0 aliphatic carbocycles. The fourth-order valence-corrected chi connectivity index (χ4v) is 4.04. The minimum Gasteiger partial charge on any atom is -0.355 e. The van der Waals surface area contributed by atoms with Gasteiger partial charge >= 0.3 is 0 Å². The first-order valence-corrected chi connectivity index (χ1v) is 9.29. The number of benzene rings is 2. The lowest BCUT2D eigenvalue weighted by molar-refractivity contribution is -0.109. The van der Waals surface area contributed by atoms with Crippen LogP contribution in [0.3, 0.4) is 0 Å². The fraction of sp³-hybridized carbons (Fsp3) is 0.100. The molecule has 0 radical (unpaired) electrons. The zero-order valence-corrected chi connectivity index (χ0v) is 15.6. The number of halogens is 1. The number of hydrogen-bond donors (Lipinski definition) is 2. The Hall–Kier alpha value is -2.34. The molecule has 0 aliphatic rings. The fourth-order valence-electron chi connectivity index (χ4n) is 2.69. The number of carbonyl (C=O) groups is 1. The number of nitrogens with two attached hydrogens (primary N) is 1. The van der Waals surface area contributed by atoms with Gasteiger partial charge in [-0.15, -0.1) is 0 Å². The van der Waals surface area contributed by atoms with Gasteiger partial charge in [0.1, 0.15) is 5.03 Å². The van der Waals surface area contributed by atoms with Crippen LogP contribution >= 0.6 is 23.4 Å². The molecule has 0 aliphatic heterocycles. The average Bonchev–Trinajstić information content (AvgIpc) is 2.69. The molecule has 0 spiro atoms. The standard InChI is InChI=1S/C20H18ClN3OS/c21-18-9-8-16(14-5-2-1-3-6-14)17(12-23-13-25)19(18)26-20-15(11-22)7-4-10-24-20/h1-10,13H,11-12,22H2,(H,23,25). The van der Waals surface area contributed by atoms with E-state index in [4.69, 9.17) is 17.3 Å². The van der Waals surface area contributed by atoms with Crippen molar-refractivity contribution in [3.05, 3.63) is 76.9 Å². The smallest absolute Gasteiger partial charge is 0.207 e. The molecule has 0 saturated heterocycles. The van der Waals surface area contributed by atoms with Gasteiger partial charge in [0.05, 0.1) is 5.02 Å². The van der Waals surface area contributed by atoms with Crippen LogP contribution in [-0.4, -0.2) is 11.4 Å². The molecular formula is C20H18ClN3OS. The molecule has 0 fully saturated rings. The number of rotatable bonds is 7. The summed E-state index contributed by atoms with van der Waals surface area (Å²) in [6.07, 6.45) is 2.43. The van der Waals surface area contributed by atoms with Crippen molar-refractivity contribution in [2.45, 2.75) is 23.0 Å². The lowest BCUT2D eigenvalue weighted by Gasteiger charge is -2.17. The highest BCUT2D eigenvalue weighted by atomic mass is 35.5. The summed E-state index contributed by atoms with van der Waals surface area (Å²) < 4.78 is 0. The number of amides is 1. The highest BCUT2D eigenvalue weighted by Gasteiger charge is 2.16. The van der Waals surface area contributed by atoms with Crippen LogP contribution < -0.4 is 11.1 Å². The number of pyridine rings is 1. The zero-order valence-electron chi connectivity index (χ0n) is 14.0. The van der Waals surface area contributed by atoms with E-state index in [9.17, 15) is 4.79 Å². The van der Waals surface area contributed by atoms with Gasteiger partial charge in [-0.05, 0) is 34.4 Å². The summed E-state index contributed by atoms with van der Waals surface area (Å²) in [6.45, 7) is 0.773. The summed E-state index contributed by atoms with van der Waals surface area (Å²) in [5, 5.41) is 4.19. The van der Waals surface area contributed by atoms with Crippen molar-refractivity contribution in [2.24, 2.45) is 5.73 Å². The molecule has 4 nitrogen and oxygen atoms in total. The second kappa shape index (κ2) is 8.85. The Morgan fingerprint density at radius 2 is 1.92 bits per heavy atom. The topological polar surface area (TPSA) is 68.0 Å². The lowest BCUT2D eigenvalue weighted by atomic mass is 9.99. The van der Waals surface area contributed by atoms with Crippen molar-refractivity contribution in [1.82, 2.24) is 10.3 Å². The molecule has 1 heterocycles. The molecule has 0 bridgehead atoms. The van der Waals surface area contributed by atoms with Gasteiger partial charge in [-0.2, -0.15) is 0 Å². The van der Waals surface area contributed by atoms with E-state index in [0.29, 0.717) is 24.5 Å². The molecule has 26 heavy (non-hydrogen) atoms. The zero-order chi connectivity index (χ0) is 18.4. The number of hydrogen-bond acceptors (Lipinski definition) is 4. The second-order valence-corrected chi connectivity index (χ2v) is 6.95. The molecule has 1 amide bonds. The van der Waals surface area contributed by atoms with E-state index in [-0.39, 0.29) is 0 Å². The van der Waals surface area contributed by atoms with Crippen molar-refractivity contribution in [3.8, 4) is 11.1 Å². The first-order valence-electron chi connectivity index (χ1n) is 8.10. The molecule has 2 aromatic carbocycles. The van der Waals surface area contributed by atoms with Crippen LogP contribution in [0.2, 0.25) is 5.02 Å². The average molecular weight is 384 g/mol. The van der Waals surface area contributed by atoms with Gasteiger partial charge in [0.15, 0.2) is 0 Å². The minimum atomic E-state index is 0.376. The molecule has 3 N–H and O–H groups in total. The first-order chi connectivity index (χ1) is 12.7. The summed E-state index contributed by atoms with van der Waals surface area (Å²) in [5.41, 5.74) is 9.83.